The lowest BCUT2D eigenvalue weighted by atomic mass is 10.1. The third kappa shape index (κ3) is 7.83. The highest BCUT2D eigenvalue weighted by Crippen LogP contribution is 2.20. The Morgan fingerprint density at radius 1 is 0.789 bits per heavy atom. The van der Waals surface area contributed by atoms with Crippen LogP contribution in [0.3, 0.4) is 0 Å². The van der Waals surface area contributed by atoms with Gasteiger partial charge in [-0.3, -0.25) is 4.79 Å². The molecule has 4 rings (SSSR count). The molecule has 1 heterocycles. The fourth-order valence-corrected chi connectivity index (χ4v) is 3.61. The molecular formula is C30H29N3O5. The maximum atomic E-state index is 13.2. The van der Waals surface area contributed by atoms with Gasteiger partial charge >= 0.3 is 6.09 Å². The van der Waals surface area contributed by atoms with Gasteiger partial charge in [-0.05, 0) is 34.4 Å². The SMILES string of the molecule is COc1ccc(CNC(=O)[C@@H](NC(=O)OCc2ccccc2)c2ccc(OCc3ccccc3)cc2)cn1. The number of amides is 2. The molecule has 38 heavy (non-hydrogen) atoms. The number of methoxy groups -OCH3 is 1. The zero-order valence-electron chi connectivity index (χ0n) is 21.0. The van der Waals surface area contributed by atoms with Gasteiger partial charge in [-0.2, -0.15) is 0 Å². The average molecular weight is 512 g/mol. The molecular weight excluding hydrogens is 482 g/mol. The first-order valence-corrected chi connectivity index (χ1v) is 12.1. The smallest absolute Gasteiger partial charge is 0.408 e. The van der Waals surface area contributed by atoms with Crippen LogP contribution in [0.2, 0.25) is 0 Å². The molecule has 3 aromatic carbocycles. The molecule has 2 N–H and O–H groups in total. The molecule has 4 aromatic rings. The van der Waals surface area contributed by atoms with Crippen LogP contribution in [-0.2, 0) is 29.3 Å². The van der Waals surface area contributed by atoms with Crippen molar-refractivity contribution in [2.45, 2.75) is 25.8 Å². The second-order valence-corrected chi connectivity index (χ2v) is 8.41. The van der Waals surface area contributed by atoms with Crippen molar-refractivity contribution in [1.29, 1.82) is 0 Å². The number of ether oxygens (including phenoxy) is 3. The fraction of sp³-hybridized carbons (Fsp3) is 0.167. The number of hydrogen-bond donors (Lipinski definition) is 2. The minimum Gasteiger partial charge on any atom is -0.489 e. The number of hydrogen-bond acceptors (Lipinski definition) is 6. The molecule has 0 aliphatic heterocycles. The summed E-state index contributed by atoms with van der Waals surface area (Å²) in [5.74, 6) is 0.735. The largest absolute Gasteiger partial charge is 0.489 e. The van der Waals surface area contributed by atoms with Crippen molar-refractivity contribution in [1.82, 2.24) is 15.6 Å². The van der Waals surface area contributed by atoms with Crippen LogP contribution in [-0.4, -0.2) is 24.1 Å². The van der Waals surface area contributed by atoms with Crippen LogP contribution in [0.5, 0.6) is 11.6 Å². The van der Waals surface area contributed by atoms with Gasteiger partial charge in [0.2, 0.25) is 11.8 Å². The van der Waals surface area contributed by atoms with Crippen molar-refractivity contribution in [2.75, 3.05) is 7.11 Å². The van der Waals surface area contributed by atoms with E-state index in [1.807, 2.05) is 66.7 Å². The van der Waals surface area contributed by atoms with Crippen molar-refractivity contribution in [3.63, 3.8) is 0 Å². The molecule has 0 saturated carbocycles. The average Bonchev–Trinajstić information content (AvgIpc) is 2.98. The first-order valence-electron chi connectivity index (χ1n) is 12.1. The van der Waals surface area contributed by atoms with E-state index >= 15 is 0 Å². The number of aromatic nitrogens is 1. The Labute approximate surface area is 221 Å². The second kappa shape index (κ2) is 13.5. The molecule has 1 atom stereocenters. The molecule has 0 saturated heterocycles. The van der Waals surface area contributed by atoms with E-state index in [1.165, 1.54) is 7.11 Å². The van der Waals surface area contributed by atoms with Gasteiger partial charge in [-0.15, -0.1) is 0 Å². The Morgan fingerprint density at radius 2 is 1.45 bits per heavy atom. The Morgan fingerprint density at radius 3 is 2.05 bits per heavy atom. The molecule has 0 aliphatic carbocycles. The Balaban J connectivity index is 1.42. The predicted octanol–water partition coefficient (Wildman–Crippen LogP) is 4.95. The van der Waals surface area contributed by atoms with Crippen LogP contribution in [0.1, 0.15) is 28.3 Å². The molecule has 194 valence electrons. The number of pyridine rings is 1. The van der Waals surface area contributed by atoms with E-state index in [4.69, 9.17) is 14.2 Å². The molecule has 0 aliphatic rings. The van der Waals surface area contributed by atoms with E-state index in [9.17, 15) is 9.59 Å². The predicted molar refractivity (Wildman–Crippen MR) is 142 cm³/mol. The van der Waals surface area contributed by atoms with Crippen molar-refractivity contribution in [2.24, 2.45) is 0 Å². The minimum atomic E-state index is -0.979. The van der Waals surface area contributed by atoms with Crippen molar-refractivity contribution < 1.29 is 23.8 Å². The van der Waals surface area contributed by atoms with E-state index in [-0.39, 0.29) is 13.2 Å². The van der Waals surface area contributed by atoms with Gasteiger partial charge in [0.05, 0.1) is 7.11 Å². The monoisotopic (exact) mass is 511 g/mol. The third-order valence-corrected chi connectivity index (χ3v) is 5.67. The fourth-order valence-electron chi connectivity index (χ4n) is 3.61. The number of nitrogens with zero attached hydrogens (tertiary/aromatic N) is 1. The molecule has 8 nitrogen and oxygen atoms in total. The number of carbonyl (C=O) groups is 2. The Bertz CT molecular complexity index is 1300. The molecule has 2 amide bonds. The van der Waals surface area contributed by atoms with Crippen molar-refractivity contribution >= 4 is 12.0 Å². The van der Waals surface area contributed by atoms with Crippen LogP contribution in [0.15, 0.2) is 103 Å². The highest BCUT2D eigenvalue weighted by atomic mass is 16.5. The molecule has 0 radical (unpaired) electrons. The van der Waals surface area contributed by atoms with Gasteiger partial charge < -0.3 is 24.8 Å². The van der Waals surface area contributed by atoms with E-state index in [0.717, 1.165) is 16.7 Å². The van der Waals surface area contributed by atoms with Gasteiger partial charge in [0.25, 0.3) is 0 Å². The van der Waals surface area contributed by atoms with Crippen LogP contribution in [0.25, 0.3) is 0 Å². The summed E-state index contributed by atoms with van der Waals surface area (Å²) in [5, 5.41) is 5.54. The summed E-state index contributed by atoms with van der Waals surface area (Å²) < 4.78 is 16.3. The molecule has 0 fully saturated rings. The van der Waals surface area contributed by atoms with Gasteiger partial charge in [-0.1, -0.05) is 78.9 Å². The summed E-state index contributed by atoms with van der Waals surface area (Å²) in [7, 11) is 1.54. The van der Waals surface area contributed by atoms with Crippen LogP contribution < -0.4 is 20.1 Å². The number of rotatable bonds is 11. The van der Waals surface area contributed by atoms with Crippen LogP contribution in [0, 0.1) is 0 Å². The van der Waals surface area contributed by atoms with Crippen molar-refractivity contribution in [3.8, 4) is 11.6 Å². The normalized spacial score (nSPS) is 11.2. The summed E-state index contributed by atoms with van der Waals surface area (Å²) in [6.07, 6.45) is 0.915. The highest BCUT2D eigenvalue weighted by Gasteiger charge is 2.23. The maximum Gasteiger partial charge on any atom is 0.408 e. The van der Waals surface area contributed by atoms with Gasteiger partial charge in [0.15, 0.2) is 0 Å². The molecule has 0 spiro atoms. The number of nitrogens with one attached hydrogen (secondary N) is 2. The molecule has 1 aromatic heterocycles. The van der Waals surface area contributed by atoms with E-state index < -0.39 is 18.0 Å². The van der Waals surface area contributed by atoms with E-state index in [0.29, 0.717) is 23.8 Å². The zero-order chi connectivity index (χ0) is 26.6. The van der Waals surface area contributed by atoms with Gasteiger partial charge in [-0.25, -0.2) is 9.78 Å². The summed E-state index contributed by atoms with van der Waals surface area (Å²) in [4.78, 5) is 30.0. The molecule has 8 heteroatoms. The molecule has 0 bridgehead atoms. The third-order valence-electron chi connectivity index (χ3n) is 5.67. The standard InChI is InChI=1S/C30H29N3O5/c1-36-27-17-12-24(18-31-27)19-32-29(34)28(33-30(35)38-21-23-10-6-3-7-11-23)25-13-15-26(16-14-25)37-20-22-8-4-2-5-9-22/h2-18,28H,19-21H2,1H3,(H,32,34)(H,33,35)/t28-/m0/s1. The lowest BCUT2D eigenvalue weighted by Gasteiger charge is -2.19. The number of benzene rings is 3. The maximum absolute atomic E-state index is 13.2. The van der Waals surface area contributed by atoms with E-state index in [1.54, 1.807) is 36.5 Å². The summed E-state index contributed by atoms with van der Waals surface area (Å²) in [6, 6.07) is 28.7. The number of carbonyl (C=O) groups excluding carboxylic acids is 2. The van der Waals surface area contributed by atoms with Gasteiger partial charge in [0.1, 0.15) is 25.0 Å². The summed E-state index contributed by atoms with van der Waals surface area (Å²) >= 11 is 0. The van der Waals surface area contributed by atoms with E-state index in [2.05, 4.69) is 15.6 Å². The van der Waals surface area contributed by atoms with Crippen molar-refractivity contribution in [3.05, 3.63) is 126 Å². The Kier molecular flexibility index (Phi) is 9.28. The topological polar surface area (TPSA) is 98.8 Å². The lowest BCUT2D eigenvalue weighted by Crippen LogP contribution is -2.40. The van der Waals surface area contributed by atoms with Crippen LogP contribution >= 0.6 is 0 Å². The highest BCUT2D eigenvalue weighted by molar-refractivity contribution is 5.86. The summed E-state index contributed by atoms with van der Waals surface area (Å²) in [5.41, 5.74) is 3.26. The first kappa shape index (κ1) is 26.2. The quantitative estimate of drug-likeness (QED) is 0.296. The lowest BCUT2D eigenvalue weighted by molar-refractivity contribution is -0.123. The van der Waals surface area contributed by atoms with Crippen LogP contribution in [0.4, 0.5) is 4.79 Å². The van der Waals surface area contributed by atoms with Gasteiger partial charge in [0, 0.05) is 18.8 Å². The molecule has 0 unspecified atom stereocenters. The number of alkyl carbamates (subject to hydrolysis) is 1. The Hall–Kier alpha value is -4.85. The summed E-state index contributed by atoms with van der Waals surface area (Å²) in [6.45, 7) is 0.736. The zero-order valence-corrected chi connectivity index (χ0v) is 21.0. The first-order chi connectivity index (χ1) is 18.6. The minimum absolute atomic E-state index is 0.0881. The second-order valence-electron chi connectivity index (χ2n) is 8.41.